The summed E-state index contributed by atoms with van der Waals surface area (Å²) in [6.45, 7) is 13.4. The number of hydroxylamine groups is 3. The number of ether oxygens (including phenoxy) is 1. The number of hydrogen-bond donors (Lipinski definition) is 0. The molecule has 0 spiro atoms. The van der Waals surface area contributed by atoms with Gasteiger partial charge in [-0.3, -0.25) is 0 Å². The monoisotopic (exact) mass is 358 g/mol. The minimum Gasteiger partial charge on any atom is -0.549 e. The van der Waals surface area contributed by atoms with Crippen molar-refractivity contribution >= 4 is 12.1 Å². The minimum absolute atomic E-state index is 0.000936. The topological polar surface area (TPSA) is 78.9 Å². The largest absolute Gasteiger partial charge is 0.549 e. The van der Waals surface area contributed by atoms with Crippen LogP contribution in [0.5, 0.6) is 0 Å². The van der Waals surface area contributed by atoms with Crippen molar-refractivity contribution in [2.75, 3.05) is 27.2 Å². The molecular weight excluding hydrogens is 324 g/mol. The Hall–Kier alpha value is -1.34. The molecule has 2 atom stereocenters. The highest BCUT2D eigenvalue weighted by molar-refractivity contribution is 5.75. The molecule has 1 fully saturated rings. The van der Waals surface area contributed by atoms with Crippen molar-refractivity contribution in [3.05, 3.63) is 0 Å². The van der Waals surface area contributed by atoms with Gasteiger partial charge in [0.25, 0.3) is 0 Å². The molecular formula is C18H34N2O5. The number of piperidine rings is 1. The van der Waals surface area contributed by atoms with Gasteiger partial charge in [0.15, 0.2) is 0 Å². The Morgan fingerprint density at radius 2 is 1.68 bits per heavy atom. The summed E-state index contributed by atoms with van der Waals surface area (Å²) >= 11 is 0. The molecule has 0 saturated carbocycles. The first-order chi connectivity index (χ1) is 11.0. The maximum Gasteiger partial charge on any atom is 0.410 e. The average molecular weight is 358 g/mol. The number of rotatable bonds is 3. The Morgan fingerprint density at radius 3 is 2.08 bits per heavy atom. The number of nitrogens with zero attached hydrogens (tertiary/aromatic N) is 2. The molecule has 1 aliphatic rings. The summed E-state index contributed by atoms with van der Waals surface area (Å²) in [5, 5.41) is 11.9. The normalized spacial score (nSPS) is 25.6. The van der Waals surface area contributed by atoms with Crippen LogP contribution < -0.4 is 5.11 Å². The zero-order valence-electron chi connectivity index (χ0n) is 17.1. The van der Waals surface area contributed by atoms with Gasteiger partial charge >= 0.3 is 6.09 Å². The molecule has 1 saturated heterocycles. The molecule has 0 bridgehead atoms. The lowest BCUT2D eigenvalue weighted by atomic mass is 9.79. The highest BCUT2D eigenvalue weighted by Crippen LogP contribution is 2.36. The van der Waals surface area contributed by atoms with E-state index in [9.17, 15) is 14.7 Å². The third-order valence-electron chi connectivity index (χ3n) is 5.02. The van der Waals surface area contributed by atoms with Gasteiger partial charge in [-0.1, -0.05) is 0 Å². The molecule has 25 heavy (non-hydrogen) atoms. The molecule has 2 unspecified atom stereocenters. The van der Waals surface area contributed by atoms with Crippen molar-refractivity contribution < 1.29 is 28.9 Å². The van der Waals surface area contributed by atoms with Gasteiger partial charge < -0.3 is 19.5 Å². The van der Waals surface area contributed by atoms with E-state index in [0.29, 0.717) is 13.0 Å². The maximum atomic E-state index is 12.3. The lowest BCUT2D eigenvalue weighted by Crippen LogP contribution is -2.65. The van der Waals surface area contributed by atoms with Crippen LogP contribution in [0.4, 0.5) is 4.79 Å². The molecule has 1 rings (SSSR count). The van der Waals surface area contributed by atoms with Crippen molar-refractivity contribution in [2.45, 2.75) is 72.1 Å². The van der Waals surface area contributed by atoms with Gasteiger partial charge in [0, 0.05) is 13.1 Å². The van der Waals surface area contributed by atoms with E-state index in [1.54, 1.807) is 27.7 Å². The van der Waals surface area contributed by atoms with E-state index in [4.69, 9.17) is 9.57 Å². The molecule has 7 heteroatoms. The lowest BCUT2D eigenvalue weighted by molar-refractivity contribution is -1.12. The highest BCUT2D eigenvalue weighted by Gasteiger charge is 2.49. The van der Waals surface area contributed by atoms with E-state index < -0.39 is 29.2 Å². The van der Waals surface area contributed by atoms with Crippen LogP contribution in [0.2, 0.25) is 0 Å². The van der Waals surface area contributed by atoms with E-state index in [0.717, 1.165) is 0 Å². The predicted octanol–water partition coefficient (Wildman–Crippen LogP) is 1.56. The predicted molar refractivity (Wildman–Crippen MR) is 92.3 cm³/mol. The van der Waals surface area contributed by atoms with Gasteiger partial charge in [0.05, 0.1) is 25.5 Å². The first kappa shape index (κ1) is 21.7. The molecule has 0 aliphatic carbocycles. The summed E-state index contributed by atoms with van der Waals surface area (Å²) in [7, 11) is 3.80. The fourth-order valence-electron chi connectivity index (χ4n) is 2.49. The van der Waals surface area contributed by atoms with E-state index in [2.05, 4.69) is 0 Å². The van der Waals surface area contributed by atoms with Crippen LogP contribution in [-0.4, -0.2) is 66.0 Å². The summed E-state index contributed by atoms with van der Waals surface area (Å²) in [6, 6.07) is 0. The summed E-state index contributed by atoms with van der Waals surface area (Å²) < 4.78 is 5.57. The fourth-order valence-corrected chi connectivity index (χ4v) is 2.49. The molecule has 0 N–H and O–H groups in total. The summed E-state index contributed by atoms with van der Waals surface area (Å²) in [5.41, 5.74) is -2.17. The Labute approximate surface area is 151 Å². The van der Waals surface area contributed by atoms with Crippen molar-refractivity contribution in [2.24, 2.45) is 5.41 Å². The number of aliphatic carboxylic acids is 1. The number of quaternary nitrogens is 1. The van der Waals surface area contributed by atoms with Gasteiger partial charge in [0.2, 0.25) is 0 Å². The van der Waals surface area contributed by atoms with E-state index in [1.807, 2.05) is 34.9 Å². The maximum absolute atomic E-state index is 12.3. The first-order valence-corrected chi connectivity index (χ1v) is 8.71. The lowest BCUT2D eigenvalue weighted by Gasteiger charge is -2.49. The number of carboxylic acid groups (broad SMARTS) is 1. The molecule has 0 aromatic heterocycles. The van der Waals surface area contributed by atoms with Crippen LogP contribution in [0.15, 0.2) is 0 Å². The smallest absolute Gasteiger partial charge is 0.410 e. The van der Waals surface area contributed by atoms with Crippen LogP contribution in [0.1, 0.15) is 54.9 Å². The Kier molecular flexibility index (Phi) is 5.87. The highest BCUT2D eigenvalue weighted by atomic mass is 16.7. The van der Waals surface area contributed by atoms with Crippen molar-refractivity contribution in [3.63, 3.8) is 0 Å². The van der Waals surface area contributed by atoms with Crippen molar-refractivity contribution in [3.8, 4) is 0 Å². The second kappa shape index (κ2) is 6.76. The molecule has 0 aromatic carbocycles. The molecule has 1 amide bonds. The number of carboxylic acids is 1. The van der Waals surface area contributed by atoms with E-state index in [1.165, 1.54) is 4.90 Å². The van der Waals surface area contributed by atoms with Gasteiger partial charge in [0.1, 0.15) is 17.2 Å². The first-order valence-electron chi connectivity index (χ1n) is 8.71. The molecule has 1 heterocycles. The number of hydrogen-bond acceptors (Lipinski definition) is 5. The van der Waals surface area contributed by atoms with Gasteiger partial charge in [-0.05, 0) is 54.9 Å². The number of likely N-dealkylation sites (tertiary alicyclic amines) is 1. The van der Waals surface area contributed by atoms with Crippen LogP contribution >= 0.6 is 0 Å². The van der Waals surface area contributed by atoms with Crippen molar-refractivity contribution in [1.82, 2.24) is 4.90 Å². The van der Waals surface area contributed by atoms with Crippen LogP contribution in [0.3, 0.4) is 0 Å². The number of carbonyl (C=O) groups is 2. The molecule has 7 nitrogen and oxygen atoms in total. The third-order valence-corrected chi connectivity index (χ3v) is 5.02. The van der Waals surface area contributed by atoms with Gasteiger partial charge in [-0.2, -0.15) is 9.48 Å². The molecule has 0 radical (unpaired) electrons. The third kappa shape index (κ3) is 5.07. The van der Waals surface area contributed by atoms with Crippen LogP contribution in [0.25, 0.3) is 0 Å². The second-order valence-electron chi connectivity index (χ2n) is 9.51. The second-order valence-corrected chi connectivity index (χ2v) is 9.51. The molecule has 1 aliphatic heterocycles. The standard InChI is InChI=1S/C18H34N2O5/c1-16(2,3)20(8,9)25-13-10-11-19(12-18(13,7)14(21)22)15(23)24-17(4,5)6/h13H,10-12H2,1-9H3. The Morgan fingerprint density at radius 1 is 1.16 bits per heavy atom. The Bertz CT molecular complexity index is 519. The minimum atomic E-state index is -1.31. The average Bonchev–Trinajstić information content (AvgIpc) is 2.37. The van der Waals surface area contributed by atoms with E-state index in [-0.39, 0.29) is 16.7 Å². The summed E-state index contributed by atoms with van der Waals surface area (Å²) in [4.78, 5) is 31.8. The SMILES string of the molecule is CC(C)(C)OC(=O)N1CCC(O[N+](C)(C)C(C)(C)C)C(C)(C(=O)[O-])C1. The van der Waals surface area contributed by atoms with Gasteiger partial charge in [-0.15, -0.1) is 0 Å². The summed E-state index contributed by atoms with van der Waals surface area (Å²) in [6.07, 6.45) is -0.671. The zero-order valence-corrected chi connectivity index (χ0v) is 17.1. The van der Waals surface area contributed by atoms with Crippen LogP contribution in [0, 0.1) is 5.41 Å². The van der Waals surface area contributed by atoms with E-state index >= 15 is 0 Å². The number of carbonyl (C=O) groups excluding carboxylic acids is 2. The zero-order chi connectivity index (χ0) is 19.8. The molecule has 146 valence electrons. The van der Waals surface area contributed by atoms with Crippen LogP contribution in [-0.2, 0) is 14.4 Å². The van der Waals surface area contributed by atoms with Gasteiger partial charge in [-0.25, -0.2) is 4.79 Å². The number of amides is 1. The molecule has 0 aromatic rings. The quantitative estimate of drug-likeness (QED) is 0.565. The fraction of sp³-hybridized carbons (Fsp3) is 0.889. The van der Waals surface area contributed by atoms with Crippen molar-refractivity contribution in [1.29, 1.82) is 0 Å². The summed E-state index contributed by atoms with van der Waals surface area (Å²) in [5.74, 6) is -1.22. The Balaban J connectivity index is 2.99.